The first kappa shape index (κ1) is 14.1. The smallest absolute Gasteiger partial charge is 0.315 e. The van der Waals surface area contributed by atoms with Crippen LogP contribution in [0.3, 0.4) is 0 Å². The van der Waals surface area contributed by atoms with Crippen molar-refractivity contribution in [3.05, 3.63) is 34.3 Å². The highest BCUT2D eigenvalue weighted by molar-refractivity contribution is 7.15. The van der Waals surface area contributed by atoms with E-state index in [0.717, 1.165) is 16.1 Å². The molecule has 0 atom stereocenters. The fraction of sp³-hybridized carbons (Fsp3) is 0.231. The van der Waals surface area contributed by atoms with Crippen LogP contribution in [-0.4, -0.2) is 22.0 Å². The molecule has 2 aromatic rings. The molecule has 0 saturated carbocycles. The minimum absolute atomic E-state index is 0.309. The van der Waals surface area contributed by atoms with Gasteiger partial charge in [-0.15, -0.1) is 10.2 Å². The molecule has 0 unspecified atom stereocenters. The Balaban J connectivity index is 2.02. The molecule has 0 radical (unpaired) electrons. The maximum atomic E-state index is 11.8. The van der Waals surface area contributed by atoms with Crippen molar-refractivity contribution in [2.24, 2.45) is 0 Å². The lowest BCUT2D eigenvalue weighted by Crippen LogP contribution is -2.29. The van der Waals surface area contributed by atoms with Gasteiger partial charge in [0, 0.05) is 5.69 Å². The van der Waals surface area contributed by atoms with Gasteiger partial charge in [-0.1, -0.05) is 29.0 Å². The molecule has 20 heavy (non-hydrogen) atoms. The van der Waals surface area contributed by atoms with E-state index in [0.29, 0.717) is 10.8 Å². The summed E-state index contributed by atoms with van der Waals surface area (Å²) in [6.45, 7) is 5.60. The van der Waals surface area contributed by atoms with Gasteiger partial charge in [0.1, 0.15) is 5.01 Å². The lowest BCUT2D eigenvalue weighted by molar-refractivity contribution is -0.133. The Kier molecular flexibility index (Phi) is 4.09. The average Bonchev–Trinajstić information content (AvgIpc) is 2.78. The second-order valence-electron chi connectivity index (χ2n) is 4.35. The number of nitrogens with zero attached hydrogens (tertiary/aromatic N) is 2. The Morgan fingerprint density at radius 1 is 1.05 bits per heavy atom. The summed E-state index contributed by atoms with van der Waals surface area (Å²) in [6.07, 6.45) is 0. The number of hydrogen-bond donors (Lipinski definition) is 2. The fourth-order valence-electron chi connectivity index (χ4n) is 1.63. The highest BCUT2D eigenvalue weighted by atomic mass is 32.1. The van der Waals surface area contributed by atoms with Crippen molar-refractivity contribution < 1.29 is 9.59 Å². The summed E-state index contributed by atoms with van der Waals surface area (Å²) in [5.41, 5.74) is 2.61. The van der Waals surface area contributed by atoms with Crippen molar-refractivity contribution in [2.75, 3.05) is 10.6 Å². The van der Waals surface area contributed by atoms with Gasteiger partial charge in [-0.25, -0.2) is 0 Å². The fourth-order valence-corrected chi connectivity index (χ4v) is 2.22. The van der Waals surface area contributed by atoms with Gasteiger partial charge in [0.15, 0.2) is 0 Å². The quantitative estimate of drug-likeness (QED) is 0.829. The highest BCUT2D eigenvalue weighted by Gasteiger charge is 2.16. The van der Waals surface area contributed by atoms with Crippen molar-refractivity contribution in [3.63, 3.8) is 0 Å². The molecule has 0 aliphatic heterocycles. The van der Waals surface area contributed by atoms with Gasteiger partial charge >= 0.3 is 11.8 Å². The summed E-state index contributed by atoms with van der Waals surface area (Å²) in [6, 6.07) is 5.57. The zero-order valence-corrected chi connectivity index (χ0v) is 12.2. The van der Waals surface area contributed by atoms with E-state index in [4.69, 9.17) is 0 Å². The third-order valence-corrected chi connectivity index (χ3v) is 3.34. The van der Waals surface area contributed by atoms with E-state index >= 15 is 0 Å². The Labute approximate surface area is 120 Å². The van der Waals surface area contributed by atoms with Crippen LogP contribution in [-0.2, 0) is 9.59 Å². The number of hydrogen-bond acceptors (Lipinski definition) is 5. The van der Waals surface area contributed by atoms with E-state index in [9.17, 15) is 9.59 Å². The Hall–Kier alpha value is -2.28. The zero-order valence-electron chi connectivity index (χ0n) is 11.4. The highest BCUT2D eigenvalue weighted by Crippen LogP contribution is 2.17. The minimum atomic E-state index is -0.763. The van der Waals surface area contributed by atoms with Gasteiger partial charge in [0.25, 0.3) is 0 Å². The second-order valence-corrected chi connectivity index (χ2v) is 5.53. The molecule has 104 valence electrons. The molecule has 6 nitrogen and oxygen atoms in total. The van der Waals surface area contributed by atoms with E-state index in [-0.39, 0.29) is 0 Å². The first-order valence-electron chi connectivity index (χ1n) is 5.95. The van der Waals surface area contributed by atoms with Gasteiger partial charge in [-0.3, -0.25) is 14.9 Å². The Morgan fingerprint density at radius 2 is 1.75 bits per heavy atom. The number of amides is 2. The molecule has 0 aliphatic carbocycles. The molecular formula is C13H14N4O2S. The summed E-state index contributed by atoms with van der Waals surface area (Å²) >= 11 is 1.21. The minimum Gasteiger partial charge on any atom is -0.318 e. The monoisotopic (exact) mass is 290 g/mol. The summed E-state index contributed by atoms with van der Waals surface area (Å²) in [7, 11) is 0. The number of carbonyl (C=O) groups excluding carboxylic acids is 2. The molecule has 2 rings (SSSR count). The van der Waals surface area contributed by atoms with Crippen molar-refractivity contribution in [1.29, 1.82) is 0 Å². The lowest BCUT2D eigenvalue weighted by Gasteiger charge is -2.08. The second kappa shape index (κ2) is 5.79. The van der Waals surface area contributed by atoms with E-state index in [1.54, 1.807) is 13.0 Å². The van der Waals surface area contributed by atoms with Crippen LogP contribution < -0.4 is 10.6 Å². The Bertz CT molecular complexity index is 666. The van der Waals surface area contributed by atoms with E-state index in [1.807, 2.05) is 26.0 Å². The number of benzene rings is 1. The van der Waals surface area contributed by atoms with Gasteiger partial charge in [-0.05, 0) is 32.4 Å². The number of rotatable bonds is 2. The van der Waals surface area contributed by atoms with E-state index in [2.05, 4.69) is 20.8 Å². The van der Waals surface area contributed by atoms with Crippen molar-refractivity contribution in [1.82, 2.24) is 10.2 Å². The summed E-state index contributed by atoms with van der Waals surface area (Å²) < 4.78 is 0. The summed E-state index contributed by atoms with van der Waals surface area (Å²) in [5, 5.41) is 13.5. The number of anilines is 2. The number of nitrogens with one attached hydrogen (secondary N) is 2. The first-order chi connectivity index (χ1) is 9.45. The molecule has 1 aromatic heterocycles. The predicted octanol–water partition coefficient (Wildman–Crippen LogP) is 2.04. The molecular weight excluding hydrogens is 276 g/mol. The van der Waals surface area contributed by atoms with Crippen LogP contribution in [0.4, 0.5) is 10.8 Å². The molecule has 0 bridgehead atoms. The van der Waals surface area contributed by atoms with Gasteiger partial charge in [0.05, 0.1) is 0 Å². The van der Waals surface area contributed by atoms with Crippen LogP contribution in [0.25, 0.3) is 0 Å². The van der Waals surface area contributed by atoms with Crippen molar-refractivity contribution in [3.8, 4) is 0 Å². The van der Waals surface area contributed by atoms with Crippen LogP contribution in [0, 0.1) is 20.8 Å². The maximum absolute atomic E-state index is 11.8. The normalized spacial score (nSPS) is 10.2. The standard InChI is InChI=1S/C13H14N4O2S/c1-7-4-5-10(8(2)6-7)14-11(18)12(19)15-13-17-16-9(3)20-13/h4-6H,1-3H3,(H,14,18)(H,15,17,19). The molecule has 1 heterocycles. The molecule has 2 N–H and O–H groups in total. The van der Waals surface area contributed by atoms with Crippen LogP contribution in [0.1, 0.15) is 16.1 Å². The van der Waals surface area contributed by atoms with E-state index < -0.39 is 11.8 Å². The molecule has 1 aromatic carbocycles. The zero-order chi connectivity index (χ0) is 14.7. The van der Waals surface area contributed by atoms with Gasteiger partial charge < -0.3 is 5.32 Å². The largest absolute Gasteiger partial charge is 0.318 e. The average molecular weight is 290 g/mol. The molecule has 0 fully saturated rings. The number of aromatic nitrogens is 2. The third-order valence-electron chi connectivity index (χ3n) is 2.58. The lowest BCUT2D eigenvalue weighted by atomic mass is 10.1. The molecule has 0 aliphatic rings. The maximum Gasteiger partial charge on any atom is 0.315 e. The van der Waals surface area contributed by atoms with Gasteiger partial charge in [0.2, 0.25) is 5.13 Å². The first-order valence-corrected chi connectivity index (χ1v) is 6.77. The van der Waals surface area contributed by atoms with Crippen LogP contribution in [0.15, 0.2) is 18.2 Å². The SMILES string of the molecule is Cc1ccc(NC(=O)C(=O)Nc2nnc(C)s2)c(C)c1. The molecule has 0 spiro atoms. The molecule has 2 amide bonds. The third kappa shape index (κ3) is 3.39. The van der Waals surface area contributed by atoms with Crippen molar-refractivity contribution in [2.45, 2.75) is 20.8 Å². The number of carbonyl (C=O) groups is 2. The van der Waals surface area contributed by atoms with Crippen LogP contribution in [0.5, 0.6) is 0 Å². The number of aryl methyl sites for hydroxylation is 3. The summed E-state index contributed by atoms with van der Waals surface area (Å²) in [5.74, 6) is -1.49. The van der Waals surface area contributed by atoms with Crippen molar-refractivity contribution >= 4 is 34.0 Å². The predicted molar refractivity (Wildman–Crippen MR) is 77.8 cm³/mol. The van der Waals surface area contributed by atoms with Gasteiger partial charge in [-0.2, -0.15) is 0 Å². The van der Waals surface area contributed by atoms with Crippen LogP contribution in [0.2, 0.25) is 0 Å². The van der Waals surface area contributed by atoms with Crippen LogP contribution >= 0.6 is 11.3 Å². The molecule has 0 saturated heterocycles. The van der Waals surface area contributed by atoms with E-state index in [1.165, 1.54) is 11.3 Å². The molecule has 7 heteroatoms. The topological polar surface area (TPSA) is 84.0 Å². The Morgan fingerprint density at radius 3 is 2.35 bits per heavy atom. The summed E-state index contributed by atoms with van der Waals surface area (Å²) in [4.78, 5) is 23.5.